The molecule has 1 aliphatic carbocycles. The molecule has 0 aromatic carbocycles. The summed E-state index contributed by atoms with van der Waals surface area (Å²) in [7, 11) is 0. The lowest BCUT2D eigenvalue weighted by molar-refractivity contribution is 0.286. The molecule has 0 aromatic heterocycles. The Hall–Kier alpha value is -0.630. The van der Waals surface area contributed by atoms with Gasteiger partial charge in [-0.25, -0.2) is 4.39 Å². The maximum atomic E-state index is 13.0. The molecule has 1 saturated heterocycles. The number of hydrogen-bond acceptors (Lipinski definition) is 1. The minimum absolute atomic E-state index is 0.0871. The summed E-state index contributed by atoms with van der Waals surface area (Å²) in [6.07, 6.45) is 8.65. The summed E-state index contributed by atoms with van der Waals surface area (Å²) in [6, 6.07) is 1.13. The van der Waals surface area contributed by atoms with Crippen LogP contribution in [0, 0.1) is 11.3 Å². The Balaban J connectivity index is 2.02. The van der Waals surface area contributed by atoms with Gasteiger partial charge in [-0.3, -0.25) is 0 Å². The van der Waals surface area contributed by atoms with Crippen LogP contribution >= 0.6 is 0 Å². The lowest BCUT2D eigenvalue weighted by atomic mass is 9.76. The highest BCUT2D eigenvalue weighted by Crippen LogP contribution is 2.38. The second-order valence-electron chi connectivity index (χ2n) is 5.78. The van der Waals surface area contributed by atoms with Crippen molar-refractivity contribution in [3.63, 3.8) is 0 Å². The summed E-state index contributed by atoms with van der Waals surface area (Å²) in [4.78, 5) is 0. The zero-order chi connectivity index (χ0) is 11.8. The lowest BCUT2D eigenvalue weighted by Gasteiger charge is -2.34. The van der Waals surface area contributed by atoms with E-state index in [0.717, 1.165) is 6.42 Å². The Bertz CT molecular complexity index is 319. The van der Waals surface area contributed by atoms with E-state index in [4.69, 9.17) is 0 Å². The highest BCUT2D eigenvalue weighted by atomic mass is 19.1. The summed E-state index contributed by atoms with van der Waals surface area (Å²) in [5.41, 5.74) is 0.0965. The van der Waals surface area contributed by atoms with E-state index >= 15 is 0 Å². The van der Waals surface area contributed by atoms with Gasteiger partial charge in [-0.05, 0) is 37.3 Å². The fraction of sp³-hybridized carbons (Fsp3) is 0.714. The van der Waals surface area contributed by atoms with E-state index in [0.29, 0.717) is 18.0 Å². The van der Waals surface area contributed by atoms with E-state index in [-0.39, 0.29) is 11.2 Å². The van der Waals surface area contributed by atoms with Crippen LogP contribution < -0.4 is 5.32 Å². The average molecular weight is 223 g/mol. The Morgan fingerprint density at radius 2 is 2.19 bits per heavy atom. The Morgan fingerprint density at radius 1 is 1.44 bits per heavy atom. The van der Waals surface area contributed by atoms with Gasteiger partial charge in [0, 0.05) is 17.5 Å². The van der Waals surface area contributed by atoms with Crippen LogP contribution in [-0.4, -0.2) is 12.1 Å². The van der Waals surface area contributed by atoms with Crippen molar-refractivity contribution in [3.05, 3.63) is 24.1 Å². The molecule has 1 heterocycles. The van der Waals surface area contributed by atoms with E-state index in [2.05, 4.69) is 26.1 Å². The molecular formula is C14H22FN. The van der Waals surface area contributed by atoms with Gasteiger partial charge in [0.2, 0.25) is 0 Å². The van der Waals surface area contributed by atoms with E-state index in [1.165, 1.54) is 12.8 Å². The number of hydrogen-bond donors (Lipinski definition) is 1. The highest BCUT2D eigenvalue weighted by molar-refractivity contribution is 5.23. The smallest absolute Gasteiger partial charge is 0.118 e. The van der Waals surface area contributed by atoms with Crippen molar-refractivity contribution in [3.8, 4) is 0 Å². The quantitative estimate of drug-likeness (QED) is 0.754. The molecule has 1 nitrogen and oxygen atoms in total. The third-order valence-corrected chi connectivity index (χ3v) is 4.14. The third-order valence-electron chi connectivity index (χ3n) is 4.14. The molecule has 1 aliphatic heterocycles. The predicted octanol–water partition coefficient (Wildman–Crippen LogP) is 3.58. The SMILES string of the molecule is CC(C)[C@H]1CC[C@@H](C2(C)C=CC(F)=CC2)N1. The molecule has 2 aliphatic rings. The topological polar surface area (TPSA) is 12.0 Å². The fourth-order valence-electron chi connectivity index (χ4n) is 2.80. The molecule has 0 spiro atoms. The van der Waals surface area contributed by atoms with Crippen LogP contribution in [0.1, 0.15) is 40.0 Å². The van der Waals surface area contributed by atoms with Crippen molar-refractivity contribution in [1.29, 1.82) is 0 Å². The second-order valence-corrected chi connectivity index (χ2v) is 5.78. The van der Waals surface area contributed by atoms with Gasteiger partial charge >= 0.3 is 0 Å². The van der Waals surface area contributed by atoms with Crippen molar-refractivity contribution in [1.82, 2.24) is 5.32 Å². The summed E-state index contributed by atoms with van der Waals surface area (Å²) in [5, 5.41) is 3.71. The number of rotatable bonds is 2. The molecule has 1 fully saturated rings. The first-order valence-electron chi connectivity index (χ1n) is 6.32. The number of halogens is 1. The van der Waals surface area contributed by atoms with Gasteiger partial charge in [-0.2, -0.15) is 0 Å². The van der Waals surface area contributed by atoms with Crippen molar-refractivity contribution >= 4 is 0 Å². The van der Waals surface area contributed by atoms with Crippen LogP contribution in [0.15, 0.2) is 24.1 Å². The molecule has 0 saturated carbocycles. The Kier molecular flexibility index (Phi) is 3.20. The molecular weight excluding hydrogens is 201 g/mol. The van der Waals surface area contributed by atoms with Gasteiger partial charge in [0.25, 0.3) is 0 Å². The summed E-state index contributed by atoms with van der Waals surface area (Å²) in [5.74, 6) is 0.601. The minimum atomic E-state index is -0.0871. The van der Waals surface area contributed by atoms with Gasteiger partial charge < -0.3 is 5.32 Å². The molecule has 0 bridgehead atoms. The van der Waals surface area contributed by atoms with Gasteiger partial charge in [0.15, 0.2) is 0 Å². The van der Waals surface area contributed by atoms with Crippen molar-refractivity contribution in [2.24, 2.45) is 11.3 Å². The second kappa shape index (κ2) is 4.33. The van der Waals surface area contributed by atoms with Crippen molar-refractivity contribution < 1.29 is 4.39 Å². The molecule has 0 aromatic rings. The van der Waals surface area contributed by atoms with Crippen LogP contribution in [-0.2, 0) is 0 Å². The van der Waals surface area contributed by atoms with Crippen molar-refractivity contribution in [2.45, 2.75) is 52.1 Å². The first-order valence-corrected chi connectivity index (χ1v) is 6.32. The fourth-order valence-corrected chi connectivity index (χ4v) is 2.80. The van der Waals surface area contributed by atoms with Crippen LogP contribution in [0.2, 0.25) is 0 Å². The van der Waals surface area contributed by atoms with Crippen LogP contribution in [0.5, 0.6) is 0 Å². The number of allylic oxidation sites excluding steroid dienone is 3. The van der Waals surface area contributed by atoms with E-state index in [9.17, 15) is 4.39 Å². The van der Waals surface area contributed by atoms with E-state index in [1.807, 2.05) is 6.08 Å². The molecule has 2 heteroatoms. The van der Waals surface area contributed by atoms with Gasteiger partial charge in [0.1, 0.15) is 5.83 Å². The first kappa shape index (κ1) is 11.8. The summed E-state index contributed by atoms with van der Waals surface area (Å²) < 4.78 is 13.0. The van der Waals surface area contributed by atoms with E-state index in [1.54, 1.807) is 12.2 Å². The minimum Gasteiger partial charge on any atom is -0.310 e. The molecule has 2 rings (SSSR count). The molecule has 1 unspecified atom stereocenters. The third kappa shape index (κ3) is 2.22. The molecule has 3 atom stereocenters. The summed E-state index contributed by atoms with van der Waals surface area (Å²) in [6.45, 7) is 6.75. The monoisotopic (exact) mass is 223 g/mol. The summed E-state index contributed by atoms with van der Waals surface area (Å²) >= 11 is 0. The molecule has 16 heavy (non-hydrogen) atoms. The van der Waals surface area contributed by atoms with Gasteiger partial charge in [-0.1, -0.05) is 26.8 Å². The van der Waals surface area contributed by atoms with Crippen molar-refractivity contribution in [2.75, 3.05) is 0 Å². The highest BCUT2D eigenvalue weighted by Gasteiger charge is 2.38. The maximum Gasteiger partial charge on any atom is 0.118 e. The van der Waals surface area contributed by atoms with Crippen LogP contribution in [0.25, 0.3) is 0 Å². The first-order chi connectivity index (χ1) is 7.51. The Labute approximate surface area is 97.8 Å². The Morgan fingerprint density at radius 3 is 2.69 bits per heavy atom. The van der Waals surface area contributed by atoms with Crippen LogP contribution in [0.4, 0.5) is 4.39 Å². The zero-order valence-electron chi connectivity index (χ0n) is 10.5. The average Bonchev–Trinajstić information content (AvgIpc) is 2.72. The largest absolute Gasteiger partial charge is 0.310 e. The molecule has 0 radical (unpaired) electrons. The van der Waals surface area contributed by atoms with Gasteiger partial charge in [0.05, 0.1) is 0 Å². The predicted molar refractivity (Wildman–Crippen MR) is 65.8 cm³/mol. The van der Waals surface area contributed by atoms with E-state index < -0.39 is 0 Å². The number of nitrogens with one attached hydrogen (secondary N) is 1. The molecule has 1 N–H and O–H groups in total. The molecule has 90 valence electrons. The normalized spacial score (nSPS) is 39.2. The zero-order valence-corrected chi connectivity index (χ0v) is 10.5. The molecule has 0 amide bonds. The van der Waals surface area contributed by atoms with Gasteiger partial charge in [-0.15, -0.1) is 0 Å². The lowest BCUT2D eigenvalue weighted by Crippen LogP contribution is -2.42. The standard InChI is InChI=1S/C14H22FN/c1-10(2)12-4-5-13(16-12)14(3)8-6-11(15)7-9-14/h6-8,10,12-13,16H,4-5,9H2,1-3H3/t12-,13+,14?/m1/s1. The van der Waals surface area contributed by atoms with Crippen LogP contribution in [0.3, 0.4) is 0 Å². The maximum absolute atomic E-state index is 13.0.